The summed E-state index contributed by atoms with van der Waals surface area (Å²) in [4.78, 5) is 25.6. The van der Waals surface area contributed by atoms with Gasteiger partial charge in [0.2, 0.25) is 11.8 Å². The first kappa shape index (κ1) is 13.7. The molecule has 1 atom stereocenters. The Labute approximate surface area is 113 Å². The van der Waals surface area contributed by atoms with E-state index in [1.807, 2.05) is 38.1 Å². The molecule has 0 radical (unpaired) electrons. The van der Waals surface area contributed by atoms with E-state index in [0.717, 1.165) is 17.7 Å². The number of aryl methyl sites for hydroxylation is 1. The van der Waals surface area contributed by atoms with E-state index < -0.39 is 0 Å². The zero-order valence-corrected chi connectivity index (χ0v) is 11.5. The lowest BCUT2D eigenvalue weighted by atomic mass is 9.96. The van der Waals surface area contributed by atoms with Gasteiger partial charge in [-0.1, -0.05) is 36.8 Å². The van der Waals surface area contributed by atoms with Crippen LogP contribution < -0.4 is 5.32 Å². The van der Waals surface area contributed by atoms with E-state index in [4.69, 9.17) is 0 Å². The lowest BCUT2D eigenvalue weighted by Crippen LogP contribution is -2.36. The first-order valence-corrected chi connectivity index (χ1v) is 6.75. The SMILES string of the molecule is CCNCCN1C(=O)CC(c2cccc(C)c2)C1=O. The molecule has 0 saturated carbocycles. The molecule has 1 aromatic carbocycles. The summed E-state index contributed by atoms with van der Waals surface area (Å²) in [6, 6.07) is 7.84. The first-order valence-electron chi connectivity index (χ1n) is 6.75. The summed E-state index contributed by atoms with van der Waals surface area (Å²) < 4.78 is 0. The number of rotatable bonds is 5. The maximum atomic E-state index is 12.3. The van der Waals surface area contributed by atoms with Gasteiger partial charge < -0.3 is 5.32 Å². The molecule has 1 aliphatic rings. The molecule has 1 saturated heterocycles. The highest BCUT2D eigenvalue weighted by atomic mass is 16.2. The third kappa shape index (κ3) is 3.01. The molecule has 1 N–H and O–H groups in total. The van der Waals surface area contributed by atoms with Crippen molar-refractivity contribution in [1.29, 1.82) is 0 Å². The Morgan fingerprint density at radius 3 is 2.84 bits per heavy atom. The van der Waals surface area contributed by atoms with E-state index in [0.29, 0.717) is 19.5 Å². The fourth-order valence-corrected chi connectivity index (χ4v) is 2.43. The number of nitrogens with one attached hydrogen (secondary N) is 1. The van der Waals surface area contributed by atoms with Crippen LogP contribution in [0.15, 0.2) is 24.3 Å². The van der Waals surface area contributed by atoms with Crippen LogP contribution in [0, 0.1) is 6.92 Å². The molecule has 1 aromatic rings. The van der Waals surface area contributed by atoms with Gasteiger partial charge in [-0.25, -0.2) is 0 Å². The Morgan fingerprint density at radius 2 is 2.16 bits per heavy atom. The third-order valence-electron chi connectivity index (χ3n) is 3.45. The van der Waals surface area contributed by atoms with Gasteiger partial charge in [0.15, 0.2) is 0 Å². The van der Waals surface area contributed by atoms with Gasteiger partial charge >= 0.3 is 0 Å². The predicted octanol–water partition coefficient (Wildman–Crippen LogP) is 1.45. The molecule has 1 aliphatic heterocycles. The van der Waals surface area contributed by atoms with Crippen LogP contribution in [0.4, 0.5) is 0 Å². The zero-order chi connectivity index (χ0) is 13.8. The predicted molar refractivity (Wildman–Crippen MR) is 73.8 cm³/mol. The number of likely N-dealkylation sites (N-methyl/N-ethyl adjacent to an activating group) is 1. The van der Waals surface area contributed by atoms with Crippen molar-refractivity contribution in [2.45, 2.75) is 26.2 Å². The summed E-state index contributed by atoms with van der Waals surface area (Å²) in [7, 11) is 0. The number of hydrogen-bond acceptors (Lipinski definition) is 3. The van der Waals surface area contributed by atoms with Crippen LogP contribution in [0.2, 0.25) is 0 Å². The highest BCUT2D eigenvalue weighted by Crippen LogP contribution is 2.29. The molecule has 0 spiro atoms. The molecule has 1 fully saturated rings. The lowest BCUT2D eigenvalue weighted by Gasteiger charge is -2.15. The van der Waals surface area contributed by atoms with Crippen LogP contribution in [0.1, 0.15) is 30.4 Å². The van der Waals surface area contributed by atoms with Gasteiger partial charge in [-0.2, -0.15) is 0 Å². The largest absolute Gasteiger partial charge is 0.315 e. The first-order chi connectivity index (χ1) is 9.13. The summed E-state index contributed by atoms with van der Waals surface area (Å²) in [6.07, 6.45) is 0.300. The second-order valence-corrected chi connectivity index (χ2v) is 4.91. The number of carbonyl (C=O) groups is 2. The quantitative estimate of drug-likeness (QED) is 0.644. The average Bonchev–Trinajstić information content (AvgIpc) is 2.67. The fourth-order valence-electron chi connectivity index (χ4n) is 2.43. The Bertz CT molecular complexity index is 485. The van der Waals surface area contributed by atoms with Crippen molar-refractivity contribution >= 4 is 11.8 Å². The van der Waals surface area contributed by atoms with Crippen molar-refractivity contribution < 1.29 is 9.59 Å². The smallest absolute Gasteiger partial charge is 0.237 e. The maximum absolute atomic E-state index is 12.3. The highest BCUT2D eigenvalue weighted by molar-refractivity contribution is 6.06. The number of nitrogens with zero attached hydrogens (tertiary/aromatic N) is 1. The van der Waals surface area contributed by atoms with Gasteiger partial charge in [0, 0.05) is 19.5 Å². The van der Waals surface area contributed by atoms with Crippen molar-refractivity contribution in [1.82, 2.24) is 10.2 Å². The van der Waals surface area contributed by atoms with E-state index in [2.05, 4.69) is 5.32 Å². The molecule has 19 heavy (non-hydrogen) atoms. The van der Waals surface area contributed by atoms with Gasteiger partial charge in [0.1, 0.15) is 0 Å². The molecular weight excluding hydrogens is 240 g/mol. The molecule has 4 heteroatoms. The molecule has 0 bridgehead atoms. The summed E-state index contributed by atoms with van der Waals surface area (Å²) >= 11 is 0. The molecule has 1 heterocycles. The summed E-state index contributed by atoms with van der Waals surface area (Å²) in [6.45, 7) is 5.97. The summed E-state index contributed by atoms with van der Waals surface area (Å²) in [5.41, 5.74) is 2.06. The zero-order valence-electron chi connectivity index (χ0n) is 11.5. The number of amides is 2. The Morgan fingerprint density at radius 1 is 1.37 bits per heavy atom. The number of benzene rings is 1. The van der Waals surface area contributed by atoms with Gasteiger partial charge in [-0.15, -0.1) is 0 Å². The molecule has 0 aliphatic carbocycles. The monoisotopic (exact) mass is 260 g/mol. The Kier molecular flexibility index (Phi) is 4.32. The minimum absolute atomic E-state index is 0.0607. The Balaban J connectivity index is 2.09. The molecule has 2 amide bonds. The van der Waals surface area contributed by atoms with Crippen LogP contribution in [0.25, 0.3) is 0 Å². The van der Waals surface area contributed by atoms with Crippen LogP contribution in [-0.4, -0.2) is 36.3 Å². The second-order valence-electron chi connectivity index (χ2n) is 4.91. The van der Waals surface area contributed by atoms with Gasteiger partial charge in [-0.3, -0.25) is 14.5 Å². The molecule has 0 aromatic heterocycles. The van der Waals surface area contributed by atoms with E-state index in [9.17, 15) is 9.59 Å². The van der Waals surface area contributed by atoms with Gasteiger partial charge in [0.05, 0.1) is 5.92 Å². The van der Waals surface area contributed by atoms with E-state index >= 15 is 0 Å². The van der Waals surface area contributed by atoms with Crippen LogP contribution in [0.5, 0.6) is 0 Å². The summed E-state index contributed by atoms with van der Waals surface area (Å²) in [5.74, 6) is -0.420. The molecule has 2 rings (SSSR count). The average molecular weight is 260 g/mol. The van der Waals surface area contributed by atoms with E-state index in [-0.39, 0.29) is 17.7 Å². The lowest BCUT2D eigenvalue weighted by molar-refractivity contribution is -0.138. The molecule has 4 nitrogen and oxygen atoms in total. The van der Waals surface area contributed by atoms with E-state index in [1.54, 1.807) is 0 Å². The number of carbonyl (C=O) groups excluding carboxylic acids is 2. The van der Waals surface area contributed by atoms with Crippen molar-refractivity contribution in [3.05, 3.63) is 35.4 Å². The highest BCUT2D eigenvalue weighted by Gasteiger charge is 2.38. The molecular formula is C15H20N2O2. The third-order valence-corrected chi connectivity index (χ3v) is 3.45. The topological polar surface area (TPSA) is 49.4 Å². The minimum atomic E-state index is -0.297. The number of imide groups is 1. The number of hydrogen-bond donors (Lipinski definition) is 1. The van der Waals surface area contributed by atoms with Gasteiger partial charge in [0.25, 0.3) is 0 Å². The van der Waals surface area contributed by atoms with E-state index in [1.165, 1.54) is 4.90 Å². The van der Waals surface area contributed by atoms with Crippen molar-refractivity contribution in [3.8, 4) is 0 Å². The van der Waals surface area contributed by atoms with Crippen LogP contribution in [0.3, 0.4) is 0 Å². The van der Waals surface area contributed by atoms with Gasteiger partial charge in [-0.05, 0) is 19.0 Å². The standard InChI is InChI=1S/C15H20N2O2/c1-3-16-7-8-17-14(18)10-13(15(17)19)12-6-4-5-11(2)9-12/h4-6,9,13,16H,3,7-8,10H2,1-2H3. The van der Waals surface area contributed by atoms with Crippen molar-refractivity contribution in [2.24, 2.45) is 0 Å². The minimum Gasteiger partial charge on any atom is -0.315 e. The second kappa shape index (κ2) is 5.97. The molecule has 1 unspecified atom stereocenters. The summed E-state index contributed by atoms with van der Waals surface area (Å²) in [5, 5.41) is 3.13. The van der Waals surface area contributed by atoms with Crippen molar-refractivity contribution in [3.63, 3.8) is 0 Å². The van der Waals surface area contributed by atoms with Crippen LogP contribution in [-0.2, 0) is 9.59 Å². The maximum Gasteiger partial charge on any atom is 0.237 e. The molecule has 102 valence electrons. The Hall–Kier alpha value is -1.68. The fraction of sp³-hybridized carbons (Fsp3) is 0.467. The number of likely N-dealkylation sites (tertiary alicyclic amines) is 1. The van der Waals surface area contributed by atoms with Crippen molar-refractivity contribution in [2.75, 3.05) is 19.6 Å². The van der Waals surface area contributed by atoms with Crippen LogP contribution >= 0.6 is 0 Å². The normalized spacial score (nSPS) is 19.3.